The number of nitrogens with one attached hydrogen (secondary N) is 1. The Kier molecular flexibility index (Phi) is 4.10. The molecule has 2 rings (SSSR count). The lowest BCUT2D eigenvalue weighted by atomic mass is 10.2. The van der Waals surface area contributed by atoms with Gasteiger partial charge in [-0.3, -0.25) is 4.31 Å². The number of hydrogen-bond acceptors (Lipinski definition) is 4. The van der Waals surface area contributed by atoms with Gasteiger partial charge in [-0.15, -0.1) is 0 Å². The van der Waals surface area contributed by atoms with Crippen molar-refractivity contribution in [2.24, 2.45) is 5.73 Å². The summed E-state index contributed by atoms with van der Waals surface area (Å²) in [6.45, 7) is 4.07. The van der Waals surface area contributed by atoms with Crippen LogP contribution in [-0.2, 0) is 16.6 Å². The molecule has 0 fully saturated rings. The number of rotatable bonds is 5. The summed E-state index contributed by atoms with van der Waals surface area (Å²) in [5.41, 5.74) is 7.11. The van der Waals surface area contributed by atoms with Crippen molar-refractivity contribution in [2.75, 3.05) is 4.31 Å². The highest BCUT2D eigenvalue weighted by Gasteiger charge is 2.28. The summed E-state index contributed by atoms with van der Waals surface area (Å²) >= 11 is 0. The van der Waals surface area contributed by atoms with Crippen molar-refractivity contribution >= 4 is 15.7 Å². The van der Waals surface area contributed by atoms with E-state index in [2.05, 4.69) is 9.97 Å². The van der Waals surface area contributed by atoms with Gasteiger partial charge < -0.3 is 10.7 Å². The molecule has 1 aromatic carbocycles. The molecular weight excluding hydrogens is 276 g/mol. The second kappa shape index (κ2) is 5.64. The molecule has 0 saturated carbocycles. The van der Waals surface area contributed by atoms with E-state index >= 15 is 0 Å². The molecule has 0 atom stereocenters. The molecule has 0 radical (unpaired) electrons. The van der Waals surface area contributed by atoms with Crippen molar-refractivity contribution in [2.45, 2.75) is 31.5 Å². The molecule has 1 aromatic heterocycles. The number of sulfonamides is 1. The average molecular weight is 294 g/mol. The van der Waals surface area contributed by atoms with Crippen LogP contribution in [0.3, 0.4) is 0 Å². The van der Waals surface area contributed by atoms with E-state index in [4.69, 9.17) is 5.73 Å². The topological polar surface area (TPSA) is 92.1 Å². The van der Waals surface area contributed by atoms with Gasteiger partial charge in [0.1, 0.15) is 0 Å². The van der Waals surface area contributed by atoms with Crippen LogP contribution >= 0.6 is 0 Å². The molecule has 0 aliphatic rings. The second-order valence-corrected chi connectivity index (χ2v) is 6.46. The highest BCUT2D eigenvalue weighted by Crippen LogP contribution is 2.25. The second-order valence-electron chi connectivity index (χ2n) is 4.68. The van der Waals surface area contributed by atoms with E-state index in [1.807, 2.05) is 26.0 Å². The summed E-state index contributed by atoms with van der Waals surface area (Å²) in [4.78, 5) is 6.42. The molecule has 0 spiro atoms. The van der Waals surface area contributed by atoms with Gasteiger partial charge in [-0.2, -0.15) is 8.42 Å². The molecule has 6 nitrogen and oxygen atoms in total. The summed E-state index contributed by atoms with van der Waals surface area (Å²) in [7, 11) is -3.65. The van der Waals surface area contributed by atoms with Crippen molar-refractivity contribution in [3.63, 3.8) is 0 Å². The number of H-pyrrole nitrogens is 1. The molecule has 0 saturated heterocycles. The third kappa shape index (κ3) is 2.68. The van der Waals surface area contributed by atoms with Crippen LogP contribution in [0.15, 0.2) is 41.8 Å². The lowest BCUT2D eigenvalue weighted by Gasteiger charge is -2.27. The Hall–Kier alpha value is -1.86. The first-order valence-corrected chi connectivity index (χ1v) is 7.72. The third-order valence-electron chi connectivity index (χ3n) is 2.91. The van der Waals surface area contributed by atoms with Gasteiger partial charge in [0.15, 0.2) is 5.03 Å². The van der Waals surface area contributed by atoms with E-state index in [0.29, 0.717) is 12.2 Å². The zero-order valence-corrected chi connectivity index (χ0v) is 12.3. The minimum Gasteiger partial charge on any atom is -0.334 e. The van der Waals surface area contributed by atoms with Crippen molar-refractivity contribution in [1.29, 1.82) is 0 Å². The first kappa shape index (κ1) is 14.5. The molecule has 0 aliphatic heterocycles. The number of aromatic amines is 1. The third-order valence-corrected chi connectivity index (χ3v) is 4.83. The van der Waals surface area contributed by atoms with Gasteiger partial charge in [0.2, 0.25) is 0 Å². The summed E-state index contributed by atoms with van der Waals surface area (Å²) in [6, 6.07) is 6.96. The number of aromatic nitrogens is 2. The predicted molar refractivity (Wildman–Crippen MR) is 77.7 cm³/mol. The van der Waals surface area contributed by atoms with E-state index in [-0.39, 0.29) is 11.1 Å². The number of nitrogens with two attached hydrogens (primary N) is 1. The number of hydrogen-bond donors (Lipinski definition) is 2. The summed E-state index contributed by atoms with van der Waals surface area (Å²) in [6.07, 6.45) is 2.65. The first-order chi connectivity index (χ1) is 9.46. The van der Waals surface area contributed by atoms with E-state index in [1.165, 1.54) is 16.8 Å². The smallest absolute Gasteiger partial charge is 0.281 e. The molecule has 0 bridgehead atoms. The first-order valence-electron chi connectivity index (χ1n) is 6.28. The number of imidazole rings is 1. The maximum Gasteiger partial charge on any atom is 0.281 e. The molecule has 0 unspecified atom stereocenters. The summed E-state index contributed by atoms with van der Waals surface area (Å²) in [5.74, 6) is 0. The van der Waals surface area contributed by atoms with Gasteiger partial charge in [-0.25, -0.2) is 4.98 Å². The molecule has 0 aliphatic carbocycles. The van der Waals surface area contributed by atoms with Crippen LogP contribution in [-0.4, -0.2) is 24.4 Å². The fourth-order valence-corrected chi connectivity index (χ4v) is 3.55. The van der Waals surface area contributed by atoms with Crippen LogP contribution in [0.2, 0.25) is 0 Å². The van der Waals surface area contributed by atoms with Gasteiger partial charge >= 0.3 is 0 Å². The Bertz CT molecular complexity index is 648. The molecule has 2 aromatic rings. The zero-order chi connectivity index (χ0) is 14.8. The lowest BCUT2D eigenvalue weighted by molar-refractivity contribution is 0.581. The van der Waals surface area contributed by atoms with Gasteiger partial charge in [0.05, 0.1) is 18.2 Å². The SMILES string of the molecule is CC(C)N(c1ccc(CN)cc1)S(=O)(=O)c1cnc[nH]1. The van der Waals surface area contributed by atoms with E-state index in [9.17, 15) is 8.42 Å². The highest BCUT2D eigenvalue weighted by atomic mass is 32.2. The van der Waals surface area contributed by atoms with Crippen LogP contribution < -0.4 is 10.0 Å². The van der Waals surface area contributed by atoms with Crippen LogP contribution in [0.25, 0.3) is 0 Å². The highest BCUT2D eigenvalue weighted by molar-refractivity contribution is 7.92. The Morgan fingerprint density at radius 3 is 2.40 bits per heavy atom. The normalized spacial score (nSPS) is 11.8. The molecule has 20 heavy (non-hydrogen) atoms. The maximum atomic E-state index is 12.6. The van der Waals surface area contributed by atoms with Gasteiger partial charge in [-0.05, 0) is 31.5 Å². The van der Waals surface area contributed by atoms with Gasteiger partial charge in [0, 0.05) is 12.6 Å². The number of nitrogens with zero attached hydrogens (tertiary/aromatic N) is 2. The molecule has 1 heterocycles. The predicted octanol–water partition coefficient (Wildman–Crippen LogP) is 1.47. The van der Waals surface area contributed by atoms with Gasteiger partial charge in [0.25, 0.3) is 10.0 Å². The van der Waals surface area contributed by atoms with Crippen molar-refractivity contribution < 1.29 is 8.42 Å². The average Bonchev–Trinajstić information content (AvgIpc) is 2.93. The van der Waals surface area contributed by atoms with Crippen molar-refractivity contribution in [1.82, 2.24) is 9.97 Å². The maximum absolute atomic E-state index is 12.6. The van der Waals surface area contributed by atoms with Crippen molar-refractivity contribution in [3.05, 3.63) is 42.4 Å². The Balaban J connectivity index is 2.46. The number of benzene rings is 1. The van der Waals surface area contributed by atoms with E-state index in [0.717, 1.165) is 5.56 Å². The Morgan fingerprint density at radius 1 is 1.30 bits per heavy atom. The fraction of sp³-hybridized carbons (Fsp3) is 0.308. The molecule has 108 valence electrons. The quantitative estimate of drug-likeness (QED) is 0.873. The summed E-state index contributed by atoms with van der Waals surface area (Å²) < 4.78 is 26.6. The minimum atomic E-state index is -3.65. The van der Waals surface area contributed by atoms with Crippen LogP contribution in [0.1, 0.15) is 19.4 Å². The van der Waals surface area contributed by atoms with Crippen LogP contribution in [0.4, 0.5) is 5.69 Å². The summed E-state index contributed by atoms with van der Waals surface area (Å²) in [5, 5.41) is 0.0779. The standard InChI is InChI=1S/C13H18N4O2S/c1-10(2)17(12-5-3-11(7-14)4-6-12)20(18,19)13-8-15-9-16-13/h3-6,8-10H,7,14H2,1-2H3,(H,15,16). The van der Waals surface area contributed by atoms with Crippen LogP contribution in [0.5, 0.6) is 0 Å². The molecule has 3 N–H and O–H groups in total. The molecule has 0 amide bonds. The Labute approximate surface area is 118 Å². The van der Waals surface area contributed by atoms with Gasteiger partial charge in [-0.1, -0.05) is 12.1 Å². The van der Waals surface area contributed by atoms with E-state index < -0.39 is 10.0 Å². The van der Waals surface area contributed by atoms with Crippen LogP contribution in [0, 0.1) is 0 Å². The Morgan fingerprint density at radius 2 is 1.95 bits per heavy atom. The van der Waals surface area contributed by atoms with Crippen molar-refractivity contribution in [3.8, 4) is 0 Å². The largest absolute Gasteiger partial charge is 0.334 e. The fourth-order valence-electron chi connectivity index (χ4n) is 1.98. The lowest BCUT2D eigenvalue weighted by Crippen LogP contribution is -2.37. The number of anilines is 1. The minimum absolute atomic E-state index is 0.0779. The zero-order valence-electron chi connectivity index (χ0n) is 11.4. The molecular formula is C13H18N4O2S. The monoisotopic (exact) mass is 294 g/mol. The molecule has 7 heteroatoms. The van der Waals surface area contributed by atoms with E-state index in [1.54, 1.807) is 12.1 Å².